The van der Waals surface area contributed by atoms with Gasteiger partial charge in [0.2, 0.25) is 0 Å². The van der Waals surface area contributed by atoms with Crippen molar-refractivity contribution in [3.63, 3.8) is 0 Å². The first-order chi connectivity index (χ1) is 9.53. The Morgan fingerprint density at radius 3 is 2.48 bits per heavy atom. The van der Waals surface area contributed by atoms with Gasteiger partial charge in [0.25, 0.3) is 0 Å². The standard InChI is InChI=1S/C17H23NO3/c1-11-8-7-9-12-13(19)10-17(5,6)18(14(11)12)15(20)21-16(2,3)4/h7-9H,10H2,1-6H3. The minimum absolute atomic E-state index is 0.0681. The molecule has 1 heterocycles. The van der Waals surface area contributed by atoms with E-state index in [1.165, 1.54) is 0 Å². The number of hydrogen-bond donors (Lipinski definition) is 0. The van der Waals surface area contributed by atoms with Crippen molar-refractivity contribution in [3.8, 4) is 0 Å². The molecule has 4 heteroatoms. The molecule has 0 fully saturated rings. The summed E-state index contributed by atoms with van der Waals surface area (Å²) in [7, 11) is 0. The molecule has 0 saturated carbocycles. The molecule has 1 aliphatic rings. The largest absolute Gasteiger partial charge is 0.443 e. The van der Waals surface area contributed by atoms with Crippen LogP contribution in [0.15, 0.2) is 18.2 Å². The van der Waals surface area contributed by atoms with Gasteiger partial charge in [-0.05, 0) is 53.2 Å². The zero-order valence-corrected chi connectivity index (χ0v) is 13.6. The lowest BCUT2D eigenvalue weighted by atomic mass is 9.85. The molecule has 0 bridgehead atoms. The first-order valence-corrected chi connectivity index (χ1v) is 7.19. The molecule has 0 saturated heterocycles. The second kappa shape index (κ2) is 4.86. The average molecular weight is 289 g/mol. The maximum absolute atomic E-state index is 12.6. The van der Waals surface area contributed by atoms with Crippen LogP contribution in [0.3, 0.4) is 0 Å². The van der Waals surface area contributed by atoms with Gasteiger partial charge >= 0.3 is 6.09 Å². The lowest BCUT2D eigenvalue weighted by Gasteiger charge is -2.43. The van der Waals surface area contributed by atoms with Crippen molar-refractivity contribution in [2.75, 3.05) is 4.90 Å². The van der Waals surface area contributed by atoms with Crippen LogP contribution in [-0.2, 0) is 4.74 Å². The van der Waals surface area contributed by atoms with Crippen LogP contribution >= 0.6 is 0 Å². The molecular formula is C17H23NO3. The Kier molecular flexibility index (Phi) is 3.60. The van der Waals surface area contributed by atoms with E-state index in [0.717, 1.165) is 5.56 Å². The summed E-state index contributed by atoms with van der Waals surface area (Å²) in [6.45, 7) is 11.2. The Balaban J connectivity index is 2.56. The molecule has 1 aromatic carbocycles. The third-order valence-electron chi connectivity index (χ3n) is 3.54. The third kappa shape index (κ3) is 2.94. The maximum atomic E-state index is 12.6. The summed E-state index contributed by atoms with van der Waals surface area (Å²) in [6.07, 6.45) is -0.113. The zero-order chi connectivity index (χ0) is 16.0. The molecule has 0 unspecified atom stereocenters. The Hall–Kier alpha value is -1.84. The number of anilines is 1. The van der Waals surface area contributed by atoms with E-state index in [1.54, 1.807) is 11.0 Å². The number of amides is 1. The number of fused-ring (bicyclic) bond motifs is 1. The van der Waals surface area contributed by atoms with Gasteiger partial charge in [-0.3, -0.25) is 9.69 Å². The Morgan fingerprint density at radius 2 is 1.90 bits per heavy atom. The molecular weight excluding hydrogens is 266 g/mol. The number of aryl methyl sites for hydroxylation is 1. The Morgan fingerprint density at radius 1 is 1.29 bits per heavy atom. The summed E-state index contributed by atoms with van der Waals surface area (Å²) in [5.74, 6) is 0.0681. The fraction of sp³-hybridized carbons (Fsp3) is 0.529. The highest BCUT2D eigenvalue weighted by Crippen LogP contribution is 2.39. The van der Waals surface area contributed by atoms with Crippen LogP contribution in [0.5, 0.6) is 0 Å². The van der Waals surface area contributed by atoms with Gasteiger partial charge in [0, 0.05) is 12.0 Å². The quantitative estimate of drug-likeness (QED) is 0.722. The predicted molar refractivity (Wildman–Crippen MR) is 82.9 cm³/mol. The first kappa shape index (κ1) is 15.5. The van der Waals surface area contributed by atoms with Gasteiger partial charge in [0.1, 0.15) is 5.60 Å². The fourth-order valence-corrected chi connectivity index (χ4v) is 2.70. The minimum atomic E-state index is -0.599. The summed E-state index contributed by atoms with van der Waals surface area (Å²) >= 11 is 0. The summed E-state index contributed by atoms with van der Waals surface area (Å²) in [4.78, 5) is 26.6. The Labute approximate surface area is 126 Å². The number of ether oxygens (including phenoxy) is 1. The number of nitrogens with zero attached hydrogens (tertiary/aromatic N) is 1. The highest BCUT2D eigenvalue weighted by atomic mass is 16.6. The van der Waals surface area contributed by atoms with Crippen molar-refractivity contribution in [1.82, 2.24) is 0 Å². The van der Waals surface area contributed by atoms with Crippen molar-refractivity contribution >= 4 is 17.6 Å². The molecule has 1 aromatic rings. The number of para-hydroxylation sites is 1. The number of Topliss-reactive ketones (excluding diaryl/α,β-unsaturated/α-hetero) is 1. The van der Waals surface area contributed by atoms with E-state index in [1.807, 2.05) is 53.7 Å². The summed E-state index contributed by atoms with van der Waals surface area (Å²) < 4.78 is 5.54. The maximum Gasteiger partial charge on any atom is 0.415 e. The molecule has 21 heavy (non-hydrogen) atoms. The number of benzene rings is 1. The van der Waals surface area contributed by atoms with Gasteiger partial charge in [0.15, 0.2) is 5.78 Å². The van der Waals surface area contributed by atoms with Crippen molar-refractivity contribution in [2.24, 2.45) is 0 Å². The molecule has 1 aliphatic heterocycles. The molecule has 0 spiro atoms. The monoisotopic (exact) mass is 289 g/mol. The smallest absolute Gasteiger partial charge is 0.415 e. The van der Waals surface area contributed by atoms with Crippen LogP contribution in [-0.4, -0.2) is 23.0 Å². The second-order valence-electron chi connectivity index (χ2n) is 7.20. The molecule has 4 nitrogen and oxygen atoms in total. The summed E-state index contributed by atoms with van der Waals surface area (Å²) in [5, 5.41) is 0. The van der Waals surface area contributed by atoms with E-state index in [9.17, 15) is 9.59 Å². The highest BCUT2D eigenvalue weighted by molar-refractivity contribution is 6.09. The molecule has 1 amide bonds. The van der Waals surface area contributed by atoms with E-state index in [4.69, 9.17) is 4.74 Å². The van der Waals surface area contributed by atoms with Crippen LogP contribution in [0.2, 0.25) is 0 Å². The van der Waals surface area contributed by atoms with Crippen LogP contribution in [0.25, 0.3) is 0 Å². The number of ketones is 1. The second-order valence-corrected chi connectivity index (χ2v) is 7.20. The molecule has 114 valence electrons. The number of rotatable bonds is 0. The molecule has 0 N–H and O–H groups in total. The van der Waals surface area contributed by atoms with Crippen molar-refractivity contribution in [3.05, 3.63) is 29.3 Å². The zero-order valence-electron chi connectivity index (χ0n) is 13.6. The fourth-order valence-electron chi connectivity index (χ4n) is 2.70. The van der Waals surface area contributed by atoms with Gasteiger partial charge in [-0.25, -0.2) is 4.79 Å². The highest BCUT2D eigenvalue weighted by Gasteiger charge is 2.43. The lowest BCUT2D eigenvalue weighted by molar-refractivity contribution is 0.0536. The van der Waals surface area contributed by atoms with E-state index >= 15 is 0 Å². The van der Waals surface area contributed by atoms with Crippen molar-refractivity contribution in [1.29, 1.82) is 0 Å². The van der Waals surface area contributed by atoms with Crippen LogP contribution < -0.4 is 4.90 Å². The normalized spacial score (nSPS) is 17.4. The van der Waals surface area contributed by atoms with Crippen LogP contribution in [0.4, 0.5) is 10.5 Å². The van der Waals surface area contributed by atoms with Gasteiger partial charge in [0.05, 0.1) is 11.2 Å². The van der Waals surface area contributed by atoms with Crippen LogP contribution in [0, 0.1) is 6.92 Å². The summed E-state index contributed by atoms with van der Waals surface area (Å²) in [5.41, 5.74) is 1.00. The topological polar surface area (TPSA) is 46.6 Å². The number of carbonyl (C=O) groups excluding carboxylic acids is 2. The van der Waals surface area contributed by atoms with Crippen LogP contribution in [0.1, 0.15) is 57.0 Å². The van der Waals surface area contributed by atoms with Gasteiger partial charge in [-0.1, -0.05) is 12.1 Å². The Bertz CT molecular complexity index is 597. The first-order valence-electron chi connectivity index (χ1n) is 7.19. The molecule has 0 aliphatic carbocycles. The summed E-state index contributed by atoms with van der Waals surface area (Å²) in [6, 6.07) is 5.53. The van der Waals surface area contributed by atoms with E-state index in [0.29, 0.717) is 17.7 Å². The predicted octanol–water partition coefficient (Wildman–Crippen LogP) is 4.10. The lowest BCUT2D eigenvalue weighted by Crippen LogP contribution is -2.54. The van der Waals surface area contributed by atoms with E-state index in [-0.39, 0.29) is 5.78 Å². The van der Waals surface area contributed by atoms with Crippen molar-refractivity contribution in [2.45, 2.75) is 59.1 Å². The molecule has 2 rings (SSSR count). The molecule has 0 radical (unpaired) electrons. The molecule has 0 atom stereocenters. The van der Waals surface area contributed by atoms with Gasteiger partial charge < -0.3 is 4.74 Å². The van der Waals surface area contributed by atoms with E-state index < -0.39 is 17.2 Å². The van der Waals surface area contributed by atoms with E-state index in [2.05, 4.69) is 0 Å². The minimum Gasteiger partial charge on any atom is -0.443 e. The molecule has 0 aromatic heterocycles. The average Bonchev–Trinajstić information content (AvgIpc) is 2.26. The van der Waals surface area contributed by atoms with Gasteiger partial charge in [-0.15, -0.1) is 0 Å². The van der Waals surface area contributed by atoms with Crippen molar-refractivity contribution < 1.29 is 14.3 Å². The number of carbonyl (C=O) groups is 2. The number of hydrogen-bond acceptors (Lipinski definition) is 3. The van der Waals surface area contributed by atoms with Gasteiger partial charge in [-0.2, -0.15) is 0 Å². The third-order valence-corrected chi connectivity index (χ3v) is 3.54. The SMILES string of the molecule is Cc1cccc2c1N(C(=O)OC(C)(C)C)C(C)(C)CC2=O.